The van der Waals surface area contributed by atoms with Crippen molar-refractivity contribution in [2.45, 2.75) is 12.5 Å². The molecule has 0 saturated carbocycles. The summed E-state index contributed by atoms with van der Waals surface area (Å²) in [5, 5.41) is 7.05. The fraction of sp³-hybridized carbons (Fsp3) is 0.100. The molecule has 38 heavy (non-hydrogen) atoms. The molecule has 7 nitrogen and oxygen atoms in total. The summed E-state index contributed by atoms with van der Waals surface area (Å²) in [7, 11) is 1.57. The molecule has 1 aliphatic rings. The SMILES string of the molecule is COc1ccc(C(=O)N2N=C(c3c(-c4ccccc4)c4cc(Br)ccc4[nH]c3=O)CC2c2ccco2)cc1. The molecule has 2 aromatic heterocycles. The zero-order valence-electron chi connectivity index (χ0n) is 20.4. The number of pyridine rings is 1. The molecule has 0 spiro atoms. The van der Waals surface area contributed by atoms with Gasteiger partial charge >= 0.3 is 0 Å². The van der Waals surface area contributed by atoms with E-state index < -0.39 is 6.04 Å². The van der Waals surface area contributed by atoms with Crippen molar-refractivity contribution in [2.75, 3.05) is 7.11 Å². The molecular weight excluding hydrogens is 546 g/mol. The molecular formula is C30H22BrN3O4. The second kappa shape index (κ2) is 9.79. The van der Waals surface area contributed by atoms with Crippen molar-refractivity contribution in [3.05, 3.63) is 123 Å². The lowest BCUT2D eigenvalue weighted by molar-refractivity contribution is 0.0693. The number of H-pyrrole nitrogens is 1. The Morgan fingerprint density at radius 2 is 1.82 bits per heavy atom. The smallest absolute Gasteiger partial charge is 0.274 e. The van der Waals surface area contributed by atoms with Crippen molar-refractivity contribution < 1.29 is 13.9 Å². The summed E-state index contributed by atoms with van der Waals surface area (Å²) >= 11 is 3.57. The second-order valence-electron chi connectivity index (χ2n) is 8.92. The number of halogens is 1. The van der Waals surface area contributed by atoms with Crippen molar-refractivity contribution in [2.24, 2.45) is 5.10 Å². The fourth-order valence-electron chi connectivity index (χ4n) is 4.86. The highest BCUT2D eigenvalue weighted by Gasteiger charge is 2.37. The van der Waals surface area contributed by atoms with Gasteiger partial charge in [0.2, 0.25) is 0 Å². The highest BCUT2D eigenvalue weighted by atomic mass is 79.9. The van der Waals surface area contributed by atoms with Gasteiger partial charge in [0.15, 0.2) is 0 Å². The van der Waals surface area contributed by atoms with E-state index in [4.69, 9.17) is 14.3 Å². The Labute approximate surface area is 226 Å². The number of amides is 1. The Morgan fingerprint density at radius 3 is 2.53 bits per heavy atom. The Balaban J connectivity index is 1.54. The van der Waals surface area contributed by atoms with Crippen LogP contribution in [0.1, 0.15) is 34.1 Å². The number of furan rings is 1. The lowest BCUT2D eigenvalue weighted by Crippen LogP contribution is -2.26. The summed E-state index contributed by atoms with van der Waals surface area (Å²) < 4.78 is 11.8. The number of aromatic amines is 1. The zero-order chi connectivity index (χ0) is 26.2. The van der Waals surface area contributed by atoms with Crippen LogP contribution in [-0.2, 0) is 0 Å². The normalized spacial score (nSPS) is 15.1. The molecule has 1 N–H and O–H groups in total. The van der Waals surface area contributed by atoms with Gasteiger partial charge in [0.1, 0.15) is 17.6 Å². The van der Waals surface area contributed by atoms with Crippen molar-refractivity contribution in [1.82, 2.24) is 9.99 Å². The van der Waals surface area contributed by atoms with Gasteiger partial charge in [0.25, 0.3) is 11.5 Å². The Morgan fingerprint density at radius 1 is 1.03 bits per heavy atom. The molecule has 0 bridgehead atoms. The van der Waals surface area contributed by atoms with Crippen LogP contribution >= 0.6 is 15.9 Å². The molecule has 3 aromatic carbocycles. The maximum atomic E-state index is 13.7. The maximum Gasteiger partial charge on any atom is 0.274 e. The van der Waals surface area contributed by atoms with E-state index in [0.717, 1.165) is 21.0 Å². The first-order chi connectivity index (χ1) is 18.5. The van der Waals surface area contributed by atoms with Crippen LogP contribution in [0.25, 0.3) is 22.0 Å². The number of carbonyl (C=O) groups is 1. The number of hydrogen-bond acceptors (Lipinski definition) is 5. The summed E-state index contributed by atoms with van der Waals surface area (Å²) in [6, 6.07) is 25.4. The number of carbonyl (C=O) groups excluding carboxylic acids is 1. The van der Waals surface area contributed by atoms with E-state index in [-0.39, 0.29) is 11.5 Å². The summed E-state index contributed by atoms with van der Waals surface area (Å²) in [6.45, 7) is 0. The van der Waals surface area contributed by atoms with Crippen molar-refractivity contribution >= 4 is 38.5 Å². The van der Waals surface area contributed by atoms with E-state index in [0.29, 0.717) is 40.3 Å². The fourth-order valence-corrected chi connectivity index (χ4v) is 5.22. The number of aromatic nitrogens is 1. The molecule has 5 aromatic rings. The van der Waals surface area contributed by atoms with Crippen molar-refractivity contribution in [3.8, 4) is 16.9 Å². The van der Waals surface area contributed by atoms with E-state index in [9.17, 15) is 9.59 Å². The predicted octanol–water partition coefficient (Wildman–Crippen LogP) is 6.55. The molecule has 1 amide bonds. The molecule has 8 heteroatoms. The van der Waals surface area contributed by atoms with Gasteiger partial charge in [-0.1, -0.05) is 46.3 Å². The highest BCUT2D eigenvalue weighted by molar-refractivity contribution is 9.10. The first kappa shape index (κ1) is 23.9. The number of benzene rings is 3. The third-order valence-corrected chi connectivity index (χ3v) is 7.15. The van der Waals surface area contributed by atoms with Crippen LogP contribution in [0, 0.1) is 0 Å². The van der Waals surface area contributed by atoms with E-state index >= 15 is 0 Å². The molecule has 6 rings (SSSR count). The van der Waals surface area contributed by atoms with Gasteiger partial charge in [-0.3, -0.25) is 9.59 Å². The average molecular weight is 568 g/mol. The maximum absolute atomic E-state index is 13.7. The van der Waals surface area contributed by atoms with Crippen molar-refractivity contribution in [3.63, 3.8) is 0 Å². The lowest BCUT2D eigenvalue weighted by Gasteiger charge is -2.20. The van der Waals surface area contributed by atoms with Gasteiger partial charge in [-0.2, -0.15) is 5.10 Å². The van der Waals surface area contributed by atoms with Crippen LogP contribution in [0.15, 0.2) is 110 Å². The number of ether oxygens (including phenoxy) is 1. The van der Waals surface area contributed by atoms with Gasteiger partial charge < -0.3 is 14.1 Å². The van der Waals surface area contributed by atoms with Gasteiger partial charge in [-0.25, -0.2) is 5.01 Å². The monoisotopic (exact) mass is 567 g/mol. The van der Waals surface area contributed by atoms with E-state index in [1.165, 1.54) is 5.01 Å². The van der Waals surface area contributed by atoms with Crippen LogP contribution in [0.4, 0.5) is 0 Å². The standard InChI is InChI=1S/C30H22BrN3O4/c1-37-21-12-9-19(10-13-21)30(36)34-25(26-8-5-15-38-26)17-24(33-34)28-27(18-6-3-2-4-7-18)22-16-20(31)11-14-23(22)32-29(28)35/h2-16,25H,17H2,1H3,(H,32,35). The highest BCUT2D eigenvalue weighted by Crippen LogP contribution is 2.38. The number of nitrogens with one attached hydrogen (secondary N) is 1. The van der Waals surface area contributed by atoms with Crippen molar-refractivity contribution in [1.29, 1.82) is 0 Å². The quantitative estimate of drug-likeness (QED) is 0.261. The minimum absolute atomic E-state index is 0.269. The van der Waals surface area contributed by atoms with Gasteiger partial charge in [-0.05, 0) is 60.2 Å². The summed E-state index contributed by atoms with van der Waals surface area (Å²) in [4.78, 5) is 30.3. The third kappa shape index (κ3) is 4.22. The Kier molecular flexibility index (Phi) is 6.17. The first-order valence-electron chi connectivity index (χ1n) is 12.0. The Hall–Kier alpha value is -4.43. The van der Waals surface area contributed by atoms with Gasteiger partial charge in [-0.15, -0.1) is 0 Å². The molecule has 188 valence electrons. The zero-order valence-corrected chi connectivity index (χ0v) is 21.9. The van der Waals surface area contributed by atoms with Gasteiger partial charge in [0, 0.05) is 32.9 Å². The largest absolute Gasteiger partial charge is 0.497 e. The number of fused-ring (bicyclic) bond motifs is 1. The molecule has 0 fully saturated rings. The van der Waals surface area contributed by atoms with Crippen LogP contribution in [-0.4, -0.2) is 28.7 Å². The van der Waals surface area contributed by atoms with Crippen LogP contribution in [0.3, 0.4) is 0 Å². The number of hydrogen-bond donors (Lipinski definition) is 1. The average Bonchev–Trinajstić information content (AvgIpc) is 3.63. The molecule has 1 unspecified atom stereocenters. The molecule has 0 radical (unpaired) electrons. The minimum Gasteiger partial charge on any atom is -0.497 e. The van der Waals surface area contributed by atoms with E-state index in [2.05, 4.69) is 20.9 Å². The lowest BCUT2D eigenvalue weighted by atomic mass is 9.92. The molecule has 1 aliphatic heterocycles. The molecule has 1 atom stereocenters. The summed E-state index contributed by atoms with van der Waals surface area (Å²) in [5.74, 6) is 0.938. The van der Waals surface area contributed by atoms with Gasteiger partial charge in [0.05, 0.1) is 24.6 Å². The van der Waals surface area contributed by atoms with E-state index in [1.807, 2.05) is 54.6 Å². The summed E-state index contributed by atoms with van der Waals surface area (Å²) in [6.07, 6.45) is 1.89. The predicted molar refractivity (Wildman–Crippen MR) is 149 cm³/mol. The first-order valence-corrected chi connectivity index (χ1v) is 12.8. The second-order valence-corrected chi connectivity index (χ2v) is 9.84. The van der Waals surface area contributed by atoms with Crippen LogP contribution in [0.2, 0.25) is 0 Å². The number of hydrazone groups is 1. The van der Waals surface area contributed by atoms with Crippen LogP contribution in [0.5, 0.6) is 5.75 Å². The number of methoxy groups -OCH3 is 1. The minimum atomic E-state index is -0.504. The number of nitrogens with zero attached hydrogens (tertiary/aromatic N) is 2. The number of rotatable bonds is 5. The summed E-state index contributed by atoms with van der Waals surface area (Å²) in [5.41, 5.74) is 3.49. The molecule has 0 aliphatic carbocycles. The molecule has 0 saturated heterocycles. The van der Waals surface area contributed by atoms with E-state index in [1.54, 1.807) is 43.7 Å². The van der Waals surface area contributed by atoms with Crippen LogP contribution < -0.4 is 10.3 Å². The molecule has 3 heterocycles. The third-order valence-electron chi connectivity index (χ3n) is 6.65. The topological polar surface area (TPSA) is 87.9 Å². The Bertz CT molecular complexity index is 1730.